The van der Waals surface area contributed by atoms with E-state index in [1.165, 1.54) is 15.6 Å². The van der Waals surface area contributed by atoms with Gasteiger partial charge in [0.2, 0.25) is 0 Å². The maximum Gasteiger partial charge on any atom is 0.433 e. The average molecular weight is 556 g/mol. The number of rotatable bonds is 4. The number of amides is 2. The van der Waals surface area contributed by atoms with Gasteiger partial charge in [-0.3, -0.25) is 19.0 Å². The van der Waals surface area contributed by atoms with Gasteiger partial charge in [-0.2, -0.15) is 23.4 Å². The molecule has 0 bridgehead atoms. The van der Waals surface area contributed by atoms with Crippen molar-refractivity contribution in [2.45, 2.75) is 20.0 Å². The highest BCUT2D eigenvalue weighted by atomic mass is 79.9. The third-order valence-corrected chi connectivity index (χ3v) is 7.46. The van der Waals surface area contributed by atoms with E-state index in [0.29, 0.717) is 32.8 Å². The number of anilines is 1. The van der Waals surface area contributed by atoms with Gasteiger partial charge in [0.15, 0.2) is 5.69 Å². The second-order valence-electron chi connectivity index (χ2n) is 7.50. The number of halogens is 4. The summed E-state index contributed by atoms with van der Waals surface area (Å²) in [5.41, 5.74) is 6.13. The molecule has 2 amide bonds. The van der Waals surface area contributed by atoms with Crippen LogP contribution in [0.4, 0.5) is 18.9 Å². The molecule has 4 rings (SSSR count). The smallest absolute Gasteiger partial charge is 0.365 e. The SMILES string of the molecule is Cc1c(-c2cc(C(F)(F)F)nc3sc(C(N)=O)c(NC(=O)c4nn(C)c(C)c4Br)c23)cnn1C. The molecule has 9 nitrogen and oxygen atoms in total. The van der Waals surface area contributed by atoms with Gasteiger partial charge in [0, 0.05) is 30.7 Å². The Morgan fingerprint density at radius 1 is 1.15 bits per heavy atom. The first kappa shape index (κ1) is 23.9. The maximum absolute atomic E-state index is 13.6. The van der Waals surface area contributed by atoms with Crippen LogP contribution >= 0.6 is 27.3 Å². The first-order chi connectivity index (χ1) is 15.8. The maximum atomic E-state index is 13.6. The van der Waals surface area contributed by atoms with E-state index in [1.807, 2.05) is 0 Å². The Labute approximate surface area is 202 Å². The third kappa shape index (κ3) is 3.86. The van der Waals surface area contributed by atoms with E-state index < -0.39 is 23.7 Å². The summed E-state index contributed by atoms with van der Waals surface area (Å²) in [7, 11) is 3.30. The van der Waals surface area contributed by atoms with Crippen molar-refractivity contribution in [3.63, 3.8) is 0 Å². The lowest BCUT2D eigenvalue weighted by atomic mass is 10.0. The number of carbonyl (C=O) groups excluding carboxylic acids is 2. The van der Waals surface area contributed by atoms with Crippen LogP contribution in [-0.2, 0) is 20.3 Å². The molecule has 0 aliphatic carbocycles. The number of nitrogens with zero attached hydrogens (tertiary/aromatic N) is 5. The van der Waals surface area contributed by atoms with Crippen LogP contribution in [0.3, 0.4) is 0 Å². The number of pyridine rings is 1. The molecule has 0 aliphatic heterocycles. The summed E-state index contributed by atoms with van der Waals surface area (Å²) in [5.74, 6) is -1.59. The second kappa shape index (κ2) is 8.20. The van der Waals surface area contributed by atoms with Crippen molar-refractivity contribution in [2.24, 2.45) is 19.8 Å². The normalized spacial score (nSPS) is 11.9. The molecule has 0 saturated heterocycles. The van der Waals surface area contributed by atoms with Gasteiger partial charge in [0.25, 0.3) is 11.8 Å². The van der Waals surface area contributed by atoms with Gasteiger partial charge < -0.3 is 11.1 Å². The van der Waals surface area contributed by atoms with Crippen LogP contribution in [0.5, 0.6) is 0 Å². The average Bonchev–Trinajstić information content (AvgIpc) is 3.37. The molecule has 0 aromatic carbocycles. The summed E-state index contributed by atoms with van der Waals surface area (Å²) in [4.78, 5) is 28.8. The van der Waals surface area contributed by atoms with E-state index in [-0.39, 0.29) is 32.0 Å². The quantitative estimate of drug-likeness (QED) is 0.391. The summed E-state index contributed by atoms with van der Waals surface area (Å²) in [6, 6.07) is 0.875. The lowest BCUT2D eigenvalue weighted by Crippen LogP contribution is -2.17. The molecule has 4 aromatic rings. The number of aryl methyl sites for hydroxylation is 2. The monoisotopic (exact) mass is 555 g/mol. The minimum absolute atomic E-state index is 0.0350. The molecule has 178 valence electrons. The zero-order valence-electron chi connectivity index (χ0n) is 18.2. The molecule has 34 heavy (non-hydrogen) atoms. The first-order valence-electron chi connectivity index (χ1n) is 9.65. The fourth-order valence-electron chi connectivity index (χ4n) is 3.41. The number of aromatic nitrogens is 5. The zero-order chi connectivity index (χ0) is 25.1. The minimum Gasteiger partial charge on any atom is -0.365 e. The molecular weight excluding hydrogens is 539 g/mol. The predicted octanol–water partition coefficient (Wildman–Crippen LogP) is 4.18. The van der Waals surface area contributed by atoms with Crippen LogP contribution in [0.15, 0.2) is 16.7 Å². The number of primary amides is 1. The van der Waals surface area contributed by atoms with Crippen LogP contribution in [-0.4, -0.2) is 36.4 Å². The van der Waals surface area contributed by atoms with Crippen molar-refractivity contribution in [2.75, 3.05) is 5.32 Å². The largest absolute Gasteiger partial charge is 0.433 e. The molecule has 4 aromatic heterocycles. The molecule has 0 saturated carbocycles. The van der Waals surface area contributed by atoms with E-state index in [4.69, 9.17) is 5.73 Å². The third-order valence-electron chi connectivity index (χ3n) is 5.42. The lowest BCUT2D eigenvalue weighted by molar-refractivity contribution is -0.140. The molecule has 0 atom stereocenters. The Morgan fingerprint density at radius 2 is 1.82 bits per heavy atom. The van der Waals surface area contributed by atoms with E-state index in [2.05, 4.69) is 36.4 Å². The van der Waals surface area contributed by atoms with E-state index in [0.717, 1.165) is 6.07 Å². The Balaban J connectivity index is 2.01. The van der Waals surface area contributed by atoms with Gasteiger partial charge in [-0.15, -0.1) is 11.3 Å². The number of nitrogens with one attached hydrogen (secondary N) is 1. The number of carbonyl (C=O) groups is 2. The van der Waals surface area contributed by atoms with Crippen molar-refractivity contribution < 1.29 is 22.8 Å². The number of alkyl halides is 3. The molecule has 4 heterocycles. The van der Waals surface area contributed by atoms with Gasteiger partial charge in [-0.1, -0.05) is 0 Å². The van der Waals surface area contributed by atoms with E-state index in [9.17, 15) is 22.8 Å². The number of fused-ring (bicyclic) bond motifs is 1. The van der Waals surface area contributed by atoms with Crippen LogP contribution < -0.4 is 11.1 Å². The molecule has 0 spiro atoms. The summed E-state index contributed by atoms with van der Waals surface area (Å²) in [6.07, 6.45) is -3.33. The summed E-state index contributed by atoms with van der Waals surface area (Å²) in [5, 5.41) is 11.0. The van der Waals surface area contributed by atoms with Gasteiger partial charge in [-0.25, -0.2) is 4.98 Å². The van der Waals surface area contributed by atoms with E-state index in [1.54, 1.807) is 27.9 Å². The second-order valence-corrected chi connectivity index (χ2v) is 9.29. The van der Waals surface area contributed by atoms with Crippen molar-refractivity contribution >= 4 is 55.0 Å². The molecule has 0 aliphatic rings. The summed E-state index contributed by atoms with van der Waals surface area (Å²) in [6.45, 7) is 3.43. The number of nitrogens with two attached hydrogens (primary N) is 1. The number of thiophene rings is 1. The fourth-order valence-corrected chi connectivity index (χ4v) is 4.94. The molecular formula is C20H17BrF3N7O2S. The van der Waals surface area contributed by atoms with Crippen molar-refractivity contribution in [3.05, 3.63) is 44.4 Å². The Morgan fingerprint density at radius 3 is 2.32 bits per heavy atom. The number of hydrogen-bond acceptors (Lipinski definition) is 6. The molecule has 0 unspecified atom stereocenters. The van der Waals surface area contributed by atoms with Gasteiger partial charge in [-0.05, 0) is 41.4 Å². The number of hydrogen-bond donors (Lipinski definition) is 2. The standard InChI is InChI=1S/C20H17BrF3N7O2S/c1-7-10(6-26-30(7)3)9-5-11(20(22,23)24)27-19-12(9)14(16(34-19)17(25)32)28-18(33)15-13(21)8(2)31(4)29-15/h5-6H,1-4H3,(H2,25,32)(H,28,33). The van der Waals surface area contributed by atoms with Crippen molar-refractivity contribution in [3.8, 4) is 11.1 Å². The van der Waals surface area contributed by atoms with Crippen molar-refractivity contribution in [1.29, 1.82) is 0 Å². The van der Waals surface area contributed by atoms with Crippen LogP contribution in [0, 0.1) is 13.8 Å². The predicted molar refractivity (Wildman–Crippen MR) is 124 cm³/mol. The van der Waals surface area contributed by atoms with Gasteiger partial charge >= 0.3 is 6.18 Å². The molecule has 14 heteroatoms. The molecule has 0 fully saturated rings. The fraction of sp³-hybridized carbons (Fsp3) is 0.250. The van der Waals surface area contributed by atoms with Crippen LogP contribution in [0.2, 0.25) is 0 Å². The Hall–Kier alpha value is -3.26. The van der Waals surface area contributed by atoms with Crippen molar-refractivity contribution in [1.82, 2.24) is 24.5 Å². The molecule has 0 radical (unpaired) electrons. The topological polar surface area (TPSA) is 121 Å². The highest BCUT2D eigenvalue weighted by Gasteiger charge is 2.35. The summed E-state index contributed by atoms with van der Waals surface area (Å²) < 4.78 is 44.4. The van der Waals surface area contributed by atoms with Gasteiger partial charge in [0.05, 0.1) is 22.1 Å². The lowest BCUT2D eigenvalue weighted by Gasteiger charge is -2.12. The zero-order valence-corrected chi connectivity index (χ0v) is 20.6. The minimum atomic E-state index is -4.74. The van der Waals surface area contributed by atoms with E-state index >= 15 is 0 Å². The van der Waals surface area contributed by atoms with Crippen LogP contribution in [0.1, 0.15) is 37.2 Å². The van der Waals surface area contributed by atoms with Gasteiger partial charge in [0.1, 0.15) is 15.4 Å². The van der Waals surface area contributed by atoms with Crippen LogP contribution in [0.25, 0.3) is 21.3 Å². The Bertz CT molecular complexity index is 1490. The first-order valence-corrected chi connectivity index (χ1v) is 11.3. The Kier molecular flexibility index (Phi) is 5.76. The summed E-state index contributed by atoms with van der Waals surface area (Å²) >= 11 is 3.98. The highest BCUT2D eigenvalue weighted by molar-refractivity contribution is 9.10. The highest BCUT2D eigenvalue weighted by Crippen LogP contribution is 2.44. The molecule has 3 N–H and O–H groups in total.